The number of nitrogens with one attached hydrogen (secondary N) is 1. The number of carbonyl (C=O) groups is 1. The third-order valence-electron chi connectivity index (χ3n) is 9.26. The summed E-state index contributed by atoms with van der Waals surface area (Å²) in [5.41, 5.74) is 0. The summed E-state index contributed by atoms with van der Waals surface area (Å²) >= 11 is 0. The van der Waals surface area contributed by atoms with E-state index in [4.69, 9.17) is 0 Å². The third kappa shape index (κ3) is 35.9. The van der Waals surface area contributed by atoms with Crippen LogP contribution in [0.3, 0.4) is 0 Å². The van der Waals surface area contributed by atoms with Crippen LogP contribution in [-0.2, 0) is 4.79 Å². The monoisotopic (exact) mass is 700 g/mol. The predicted molar refractivity (Wildman–Crippen MR) is 217 cm³/mol. The van der Waals surface area contributed by atoms with E-state index in [0.717, 1.165) is 57.8 Å². The number of rotatable bonds is 37. The van der Waals surface area contributed by atoms with Crippen LogP contribution in [0.25, 0.3) is 0 Å². The maximum atomic E-state index is 12.4. The van der Waals surface area contributed by atoms with Crippen LogP contribution in [0.2, 0.25) is 0 Å². The lowest BCUT2D eigenvalue weighted by Crippen LogP contribution is -2.45. The van der Waals surface area contributed by atoms with Crippen molar-refractivity contribution in [2.45, 2.75) is 212 Å². The lowest BCUT2D eigenvalue weighted by molar-refractivity contribution is -0.124. The van der Waals surface area contributed by atoms with E-state index in [2.05, 4.69) is 67.8 Å². The van der Waals surface area contributed by atoms with Crippen molar-refractivity contribution in [3.63, 3.8) is 0 Å². The summed E-state index contributed by atoms with van der Waals surface area (Å²) in [6, 6.07) is -0.774. The molecule has 0 aliphatic carbocycles. The highest BCUT2D eigenvalue weighted by Gasteiger charge is 2.20. The predicted octanol–water partition coefficient (Wildman–Crippen LogP) is 11.9. The largest absolute Gasteiger partial charge is 0.394 e. The van der Waals surface area contributed by atoms with Gasteiger partial charge in [0.05, 0.1) is 31.3 Å². The molecule has 0 saturated heterocycles. The lowest BCUT2D eigenvalue weighted by Gasteiger charge is -2.20. The molecule has 1 amide bonds. The lowest BCUT2D eigenvalue weighted by atomic mass is 10.0. The average Bonchev–Trinajstić information content (AvgIpc) is 3.11. The Balaban J connectivity index is 3.80. The van der Waals surface area contributed by atoms with Crippen LogP contribution in [0.5, 0.6) is 0 Å². The molecule has 3 atom stereocenters. The van der Waals surface area contributed by atoms with Gasteiger partial charge in [-0.1, -0.05) is 171 Å². The quantitative estimate of drug-likeness (QED) is 0.0384. The van der Waals surface area contributed by atoms with E-state index >= 15 is 0 Å². The van der Waals surface area contributed by atoms with Gasteiger partial charge in [0, 0.05) is 0 Å². The minimum absolute atomic E-state index is 0.00985. The molecule has 0 aliphatic rings. The number of hydrogen-bond acceptors (Lipinski definition) is 4. The standard InChI is InChI=1S/C45H81NO4/c1-3-5-7-9-11-13-15-17-19-20-21-22-23-25-27-29-31-33-35-37-39-44(49)43(41-47)46-45(50)40-42(48)38-36-34-32-30-28-26-24-18-16-14-12-10-8-6-4-2/h12,14,18,22-24,29,31,37,39,42-44,47-49H,3-11,13,15-17,19-21,25-28,30,32-36,38,40-41H2,1-2H3,(H,46,50)/b14-12-,23-22+,24-18-,31-29+,39-37+. The van der Waals surface area contributed by atoms with Gasteiger partial charge in [-0.25, -0.2) is 0 Å². The van der Waals surface area contributed by atoms with E-state index in [9.17, 15) is 20.1 Å². The van der Waals surface area contributed by atoms with Gasteiger partial charge >= 0.3 is 0 Å². The Hall–Kier alpha value is -1.95. The van der Waals surface area contributed by atoms with Gasteiger partial charge in [-0.15, -0.1) is 0 Å². The highest BCUT2D eigenvalue weighted by molar-refractivity contribution is 5.76. The van der Waals surface area contributed by atoms with E-state index in [1.165, 1.54) is 109 Å². The molecule has 0 rings (SSSR count). The number of aliphatic hydroxyl groups is 3. The third-order valence-corrected chi connectivity index (χ3v) is 9.26. The first-order chi connectivity index (χ1) is 24.5. The Labute approximate surface area is 309 Å². The highest BCUT2D eigenvalue weighted by Crippen LogP contribution is 2.13. The van der Waals surface area contributed by atoms with Crippen LogP contribution in [0.1, 0.15) is 194 Å². The van der Waals surface area contributed by atoms with E-state index in [-0.39, 0.29) is 18.9 Å². The topological polar surface area (TPSA) is 89.8 Å². The minimum Gasteiger partial charge on any atom is -0.394 e. The zero-order valence-electron chi connectivity index (χ0n) is 32.8. The maximum absolute atomic E-state index is 12.4. The molecule has 0 aromatic heterocycles. The number of allylic oxidation sites excluding steroid dienone is 9. The molecule has 290 valence electrons. The van der Waals surface area contributed by atoms with Gasteiger partial charge in [0.15, 0.2) is 0 Å². The van der Waals surface area contributed by atoms with Crippen molar-refractivity contribution in [2.75, 3.05) is 6.61 Å². The van der Waals surface area contributed by atoms with Gasteiger partial charge < -0.3 is 20.6 Å². The van der Waals surface area contributed by atoms with Crippen LogP contribution in [0.4, 0.5) is 0 Å². The maximum Gasteiger partial charge on any atom is 0.222 e. The SMILES string of the molecule is CCCCC/C=C\C/C=C\CCCCCCCC(O)CC(=O)NC(CO)C(O)/C=C/CC/C=C/CC/C=C/CCCCCCCCCCCC. The van der Waals surface area contributed by atoms with Gasteiger partial charge in [0.2, 0.25) is 5.91 Å². The molecular formula is C45H81NO4. The Bertz CT molecular complexity index is 861. The van der Waals surface area contributed by atoms with E-state index in [0.29, 0.717) is 6.42 Å². The zero-order chi connectivity index (χ0) is 36.6. The highest BCUT2D eigenvalue weighted by atomic mass is 16.3. The molecule has 0 aromatic carbocycles. The Kier molecular flexibility index (Phi) is 38.3. The smallest absolute Gasteiger partial charge is 0.222 e. The van der Waals surface area contributed by atoms with Crippen molar-refractivity contribution in [1.29, 1.82) is 0 Å². The van der Waals surface area contributed by atoms with E-state index in [1.54, 1.807) is 6.08 Å². The Morgan fingerprint density at radius 1 is 0.520 bits per heavy atom. The molecule has 3 unspecified atom stereocenters. The molecule has 0 spiro atoms. The fourth-order valence-corrected chi connectivity index (χ4v) is 5.99. The molecule has 5 nitrogen and oxygen atoms in total. The summed E-state index contributed by atoms with van der Waals surface area (Å²) in [4.78, 5) is 12.4. The molecule has 0 bridgehead atoms. The Morgan fingerprint density at radius 3 is 1.44 bits per heavy atom. The molecule has 4 N–H and O–H groups in total. The van der Waals surface area contributed by atoms with Crippen molar-refractivity contribution in [3.05, 3.63) is 60.8 Å². The van der Waals surface area contributed by atoms with Crippen molar-refractivity contribution in [2.24, 2.45) is 0 Å². The number of amides is 1. The van der Waals surface area contributed by atoms with Crippen LogP contribution in [0, 0.1) is 0 Å². The number of carbonyl (C=O) groups excluding carboxylic acids is 1. The first-order valence-corrected chi connectivity index (χ1v) is 21.1. The van der Waals surface area contributed by atoms with Gasteiger partial charge in [-0.3, -0.25) is 4.79 Å². The summed E-state index contributed by atoms with van der Waals surface area (Å²) < 4.78 is 0. The second-order valence-electron chi connectivity index (χ2n) is 14.2. The summed E-state index contributed by atoms with van der Waals surface area (Å²) in [6.07, 6.45) is 52.1. The molecule has 0 radical (unpaired) electrons. The summed E-state index contributed by atoms with van der Waals surface area (Å²) in [5.74, 6) is -0.341. The fraction of sp³-hybridized carbons (Fsp3) is 0.756. The molecule has 50 heavy (non-hydrogen) atoms. The summed E-state index contributed by atoms with van der Waals surface area (Å²) in [5, 5.41) is 33.1. The number of hydrogen-bond donors (Lipinski definition) is 4. The van der Waals surface area contributed by atoms with Crippen molar-refractivity contribution in [3.8, 4) is 0 Å². The van der Waals surface area contributed by atoms with Gasteiger partial charge in [0.1, 0.15) is 0 Å². The first-order valence-electron chi connectivity index (χ1n) is 21.1. The van der Waals surface area contributed by atoms with Gasteiger partial charge in [-0.05, 0) is 77.0 Å². The Morgan fingerprint density at radius 2 is 0.920 bits per heavy atom. The molecule has 0 fully saturated rings. The normalized spacial score (nSPS) is 14.3. The fourth-order valence-electron chi connectivity index (χ4n) is 5.99. The molecule has 0 heterocycles. The molecule has 0 aliphatic heterocycles. The van der Waals surface area contributed by atoms with Crippen LogP contribution >= 0.6 is 0 Å². The average molecular weight is 700 g/mol. The first kappa shape index (κ1) is 48.0. The molecule has 5 heteroatoms. The zero-order valence-corrected chi connectivity index (χ0v) is 32.8. The van der Waals surface area contributed by atoms with Crippen molar-refractivity contribution < 1.29 is 20.1 Å². The van der Waals surface area contributed by atoms with Crippen LogP contribution in [-0.4, -0.2) is 46.1 Å². The molecule has 0 saturated carbocycles. The second-order valence-corrected chi connectivity index (χ2v) is 14.2. The van der Waals surface area contributed by atoms with Gasteiger partial charge in [0.25, 0.3) is 0 Å². The van der Waals surface area contributed by atoms with E-state index < -0.39 is 18.2 Å². The van der Waals surface area contributed by atoms with Crippen molar-refractivity contribution in [1.82, 2.24) is 5.32 Å². The van der Waals surface area contributed by atoms with Crippen LogP contribution < -0.4 is 5.32 Å². The second kappa shape index (κ2) is 39.8. The minimum atomic E-state index is -0.965. The number of aliphatic hydroxyl groups excluding tert-OH is 3. The summed E-state index contributed by atoms with van der Waals surface area (Å²) in [7, 11) is 0. The molecule has 0 aromatic rings. The van der Waals surface area contributed by atoms with E-state index in [1.807, 2.05) is 6.08 Å². The van der Waals surface area contributed by atoms with Gasteiger partial charge in [-0.2, -0.15) is 0 Å². The van der Waals surface area contributed by atoms with Crippen molar-refractivity contribution >= 4 is 5.91 Å². The summed E-state index contributed by atoms with van der Waals surface area (Å²) in [6.45, 7) is 4.15. The van der Waals surface area contributed by atoms with Crippen LogP contribution in [0.15, 0.2) is 60.8 Å². The molecular weight excluding hydrogens is 618 g/mol. The number of unbranched alkanes of at least 4 members (excludes halogenated alkanes) is 20.